The highest BCUT2D eigenvalue weighted by Gasteiger charge is 2.19. The molecule has 0 saturated heterocycles. The molecule has 1 aromatic heterocycles. The fraction of sp³-hybridized carbons (Fsp3) is 0.222. The number of hydrazine groups is 1. The van der Waals surface area contributed by atoms with Gasteiger partial charge >= 0.3 is 0 Å². The summed E-state index contributed by atoms with van der Waals surface area (Å²) in [6.07, 6.45) is 1.74. The van der Waals surface area contributed by atoms with Gasteiger partial charge in [0.15, 0.2) is 11.5 Å². The van der Waals surface area contributed by atoms with Crippen LogP contribution in [0.5, 0.6) is 17.2 Å². The van der Waals surface area contributed by atoms with Crippen molar-refractivity contribution in [2.45, 2.75) is 20.8 Å². The topological polar surface area (TPSA) is 104 Å². The van der Waals surface area contributed by atoms with Crippen molar-refractivity contribution in [3.8, 4) is 22.9 Å². The number of para-hydroxylation sites is 2. The van der Waals surface area contributed by atoms with E-state index in [1.165, 1.54) is 0 Å². The minimum Gasteiger partial charge on any atom is -0.490 e. The summed E-state index contributed by atoms with van der Waals surface area (Å²) in [4.78, 5) is 29.9. The molecule has 1 heterocycles. The third kappa shape index (κ3) is 5.25. The number of nitrogens with one attached hydrogen (secondary N) is 2. The van der Waals surface area contributed by atoms with Crippen LogP contribution in [0, 0.1) is 0 Å². The molecule has 4 aromatic rings. The Morgan fingerprint density at radius 3 is 1.97 bits per heavy atom. The molecule has 4 rings (SSSR count). The third-order valence-electron chi connectivity index (χ3n) is 5.32. The summed E-state index contributed by atoms with van der Waals surface area (Å²) >= 11 is 0. The maximum Gasteiger partial charge on any atom is 0.269 e. The van der Waals surface area contributed by atoms with Crippen molar-refractivity contribution in [3.63, 3.8) is 0 Å². The summed E-state index contributed by atoms with van der Waals surface area (Å²) in [5.74, 6) is 0.252. The molecule has 3 aromatic carbocycles. The summed E-state index contributed by atoms with van der Waals surface area (Å²) in [6, 6.07) is 17.9. The van der Waals surface area contributed by atoms with Gasteiger partial charge in [-0.2, -0.15) is 0 Å². The van der Waals surface area contributed by atoms with Gasteiger partial charge in [0.05, 0.1) is 30.9 Å². The maximum atomic E-state index is 12.8. The molecule has 9 nitrogen and oxygen atoms in total. The second-order valence-electron chi connectivity index (χ2n) is 7.66. The van der Waals surface area contributed by atoms with E-state index in [1.807, 2.05) is 61.7 Å². The van der Waals surface area contributed by atoms with Crippen LogP contribution in [0.15, 0.2) is 67.0 Å². The van der Waals surface area contributed by atoms with E-state index in [-0.39, 0.29) is 5.56 Å². The predicted octanol–water partition coefficient (Wildman–Crippen LogP) is 4.30. The van der Waals surface area contributed by atoms with Crippen LogP contribution in [0.1, 0.15) is 41.5 Å². The van der Waals surface area contributed by atoms with Crippen LogP contribution in [0.3, 0.4) is 0 Å². The first kappa shape index (κ1) is 24.6. The number of carbonyl (C=O) groups is 2. The SMILES string of the molecule is CCOc1cc(C(=O)NNC(=O)c2ccc(-n3cnc4ccccc43)cc2)cc(OCC)c1OCC. The Hall–Kier alpha value is -4.53. The first-order valence-electron chi connectivity index (χ1n) is 11.7. The van der Waals surface area contributed by atoms with Gasteiger partial charge in [0.2, 0.25) is 5.75 Å². The van der Waals surface area contributed by atoms with Gasteiger partial charge in [0.1, 0.15) is 6.33 Å². The van der Waals surface area contributed by atoms with E-state index in [9.17, 15) is 9.59 Å². The number of nitrogens with zero attached hydrogens (tertiary/aromatic N) is 2. The van der Waals surface area contributed by atoms with Gasteiger partial charge in [-0.3, -0.25) is 25.0 Å². The molecule has 0 bridgehead atoms. The first-order valence-corrected chi connectivity index (χ1v) is 11.7. The number of ether oxygens (including phenoxy) is 3. The Morgan fingerprint density at radius 1 is 0.778 bits per heavy atom. The molecule has 0 spiro atoms. The van der Waals surface area contributed by atoms with Crippen LogP contribution in [-0.4, -0.2) is 41.2 Å². The number of hydrogen-bond donors (Lipinski definition) is 2. The molecule has 186 valence electrons. The molecule has 2 amide bonds. The Balaban J connectivity index is 1.46. The van der Waals surface area contributed by atoms with Gasteiger partial charge in [0.25, 0.3) is 11.8 Å². The number of fused-ring (bicyclic) bond motifs is 1. The fourth-order valence-electron chi connectivity index (χ4n) is 3.72. The molecular formula is C27H28N4O5. The van der Waals surface area contributed by atoms with Crippen molar-refractivity contribution in [3.05, 3.63) is 78.1 Å². The molecular weight excluding hydrogens is 460 g/mol. The zero-order valence-electron chi connectivity index (χ0n) is 20.4. The van der Waals surface area contributed by atoms with E-state index in [1.54, 1.807) is 30.6 Å². The highest BCUT2D eigenvalue weighted by molar-refractivity contribution is 5.99. The molecule has 0 aliphatic carbocycles. The lowest BCUT2D eigenvalue weighted by Crippen LogP contribution is -2.41. The summed E-state index contributed by atoms with van der Waals surface area (Å²) in [7, 11) is 0. The van der Waals surface area contributed by atoms with Crippen molar-refractivity contribution < 1.29 is 23.8 Å². The molecule has 0 unspecified atom stereocenters. The van der Waals surface area contributed by atoms with Crippen molar-refractivity contribution in [2.24, 2.45) is 0 Å². The first-order chi connectivity index (χ1) is 17.5. The zero-order valence-corrected chi connectivity index (χ0v) is 20.4. The van der Waals surface area contributed by atoms with Gasteiger partial charge in [-0.1, -0.05) is 12.1 Å². The van der Waals surface area contributed by atoms with Crippen LogP contribution in [0.4, 0.5) is 0 Å². The quantitative estimate of drug-likeness (QED) is 0.341. The number of amides is 2. The number of carbonyl (C=O) groups excluding carboxylic acids is 2. The van der Waals surface area contributed by atoms with Gasteiger partial charge < -0.3 is 14.2 Å². The lowest BCUT2D eigenvalue weighted by Gasteiger charge is -2.17. The summed E-state index contributed by atoms with van der Waals surface area (Å²) in [5, 5.41) is 0. The molecule has 0 aliphatic heterocycles. The van der Waals surface area contributed by atoms with E-state index < -0.39 is 11.8 Å². The average Bonchev–Trinajstić information content (AvgIpc) is 3.33. The minimum absolute atomic E-state index is 0.257. The van der Waals surface area contributed by atoms with E-state index in [0.29, 0.717) is 42.6 Å². The van der Waals surface area contributed by atoms with Gasteiger partial charge in [-0.25, -0.2) is 4.98 Å². The Bertz CT molecular complexity index is 1340. The van der Waals surface area contributed by atoms with Crippen molar-refractivity contribution in [1.29, 1.82) is 0 Å². The number of benzene rings is 3. The Labute approximate surface area is 209 Å². The summed E-state index contributed by atoms with van der Waals surface area (Å²) < 4.78 is 18.9. The number of aromatic nitrogens is 2. The lowest BCUT2D eigenvalue weighted by atomic mass is 10.1. The molecule has 0 saturated carbocycles. The molecule has 0 atom stereocenters. The van der Waals surface area contributed by atoms with E-state index >= 15 is 0 Å². The van der Waals surface area contributed by atoms with Crippen LogP contribution < -0.4 is 25.1 Å². The highest BCUT2D eigenvalue weighted by atomic mass is 16.5. The van der Waals surface area contributed by atoms with E-state index in [4.69, 9.17) is 14.2 Å². The summed E-state index contributed by atoms with van der Waals surface area (Å²) in [5.41, 5.74) is 8.27. The Morgan fingerprint density at radius 2 is 1.36 bits per heavy atom. The monoisotopic (exact) mass is 488 g/mol. The average molecular weight is 489 g/mol. The number of imidazole rings is 1. The number of rotatable bonds is 9. The highest BCUT2D eigenvalue weighted by Crippen LogP contribution is 2.39. The lowest BCUT2D eigenvalue weighted by molar-refractivity contribution is 0.0846. The maximum absolute atomic E-state index is 12.8. The second kappa shape index (κ2) is 11.3. The van der Waals surface area contributed by atoms with Gasteiger partial charge in [-0.05, 0) is 69.3 Å². The van der Waals surface area contributed by atoms with Crippen LogP contribution in [0.2, 0.25) is 0 Å². The molecule has 2 N–H and O–H groups in total. The standard InChI is InChI=1S/C27H28N4O5/c1-4-34-23-15-19(16-24(35-5-2)25(23)36-6-3)27(33)30-29-26(32)18-11-13-20(14-12-18)31-17-28-21-9-7-8-10-22(21)31/h7-17H,4-6H2,1-3H3,(H,29,32)(H,30,33). The largest absolute Gasteiger partial charge is 0.490 e. The Kier molecular flexibility index (Phi) is 7.69. The predicted molar refractivity (Wildman–Crippen MR) is 136 cm³/mol. The van der Waals surface area contributed by atoms with Crippen molar-refractivity contribution in [2.75, 3.05) is 19.8 Å². The van der Waals surface area contributed by atoms with E-state index in [0.717, 1.165) is 16.7 Å². The molecule has 9 heteroatoms. The van der Waals surface area contributed by atoms with Crippen LogP contribution >= 0.6 is 0 Å². The van der Waals surface area contributed by atoms with Gasteiger partial charge in [-0.15, -0.1) is 0 Å². The number of hydrogen-bond acceptors (Lipinski definition) is 6. The normalized spacial score (nSPS) is 10.6. The smallest absolute Gasteiger partial charge is 0.269 e. The minimum atomic E-state index is -0.519. The third-order valence-corrected chi connectivity index (χ3v) is 5.32. The molecule has 36 heavy (non-hydrogen) atoms. The molecule has 0 aliphatic rings. The zero-order chi connectivity index (χ0) is 25.5. The molecule has 0 radical (unpaired) electrons. The van der Waals surface area contributed by atoms with Crippen molar-refractivity contribution in [1.82, 2.24) is 20.4 Å². The van der Waals surface area contributed by atoms with Crippen LogP contribution in [-0.2, 0) is 0 Å². The fourth-order valence-corrected chi connectivity index (χ4v) is 3.72. The van der Waals surface area contributed by atoms with Crippen LogP contribution in [0.25, 0.3) is 16.7 Å². The van der Waals surface area contributed by atoms with Crippen molar-refractivity contribution >= 4 is 22.8 Å². The van der Waals surface area contributed by atoms with E-state index in [2.05, 4.69) is 15.8 Å². The second-order valence-corrected chi connectivity index (χ2v) is 7.66. The summed E-state index contributed by atoms with van der Waals surface area (Å²) in [6.45, 7) is 6.72. The molecule has 0 fully saturated rings. The van der Waals surface area contributed by atoms with Gasteiger partial charge in [0, 0.05) is 16.8 Å².